The summed E-state index contributed by atoms with van der Waals surface area (Å²) in [7, 11) is -2.02. The fourth-order valence-electron chi connectivity index (χ4n) is 1.84. The Morgan fingerprint density at radius 2 is 2.06 bits per heavy atom. The molecule has 0 spiro atoms. The van der Waals surface area contributed by atoms with Crippen molar-refractivity contribution in [2.75, 3.05) is 20.2 Å². The lowest BCUT2D eigenvalue weighted by molar-refractivity contribution is -0.0426. The van der Waals surface area contributed by atoms with Gasteiger partial charge in [-0.25, -0.2) is 8.42 Å². The Bertz CT molecular complexity index is 562. The highest BCUT2D eigenvalue weighted by atomic mass is 79.9. The molecule has 0 radical (unpaired) electrons. The lowest BCUT2D eigenvalue weighted by Gasteiger charge is -2.42. The maximum Gasteiger partial charge on any atom is 0.243 e. The molecule has 1 N–H and O–H groups in total. The summed E-state index contributed by atoms with van der Waals surface area (Å²) in [6, 6.07) is 4.59. The minimum atomic E-state index is -3.53. The number of β-amino-alcohol motifs (C(OH)–C–C–N with tert-alkyl or cyclic N) is 1. The molecule has 1 saturated heterocycles. The number of nitrogens with zero attached hydrogens (tertiary/aromatic N) is 1. The molecule has 0 unspecified atom stereocenters. The first kappa shape index (κ1) is 13.8. The maximum atomic E-state index is 12.2. The van der Waals surface area contributed by atoms with Gasteiger partial charge >= 0.3 is 0 Å². The van der Waals surface area contributed by atoms with E-state index in [1.807, 2.05) is 0 Å². The van der Waals surface area contributed by atoms with Gasteiger partial charge in [0.05, 0.1) is 22.1 Å². The Balaban J connectivity index is 2.29. The van der Waals surface area contributed by atoms with E-state index in [0.717, 1.165) is 0 Å². The monoisotopic (exact) mass is 335 g/mol. The molecule has 0 aliphatic carbocycles. The number of halogens is 1. The number of rotatable bonds is 3. The van der Waals surface area contributed by atoms with E-state index in [1.54, 1.807) is 13.0 Å². The zero-order valence-corrected chi connectivity index (χ0v) is 12.5. The molecule has 1 aliphatic rings. The third-order valence-corrected chi connectivity index (χ3v) is 5.20. The third kappa shape index (κ3) is 2.40. The minimum Gasteiger partial charge on any atom is -0.496 e. The van der Waals surface area contributed by atoms with Gasteiger partial charge in [-0.3, -0.25) is 0 Å². The van der Waals surface area contributed by atoms with E-state index in [0.29, 0.717) is 10.2 Å². The van der Waals surface area contributed by atoms with Crippen LogP contribution in [0.4, 0.5) is 0 Å². The van der Waals surface area contributed by atoms with Gasteiger partial charge in [0.1, 0.15) is 5.75 Å². The van der Waals surface area contributed by atoms with Crippen LogP contribution in [0.25, 0.3) is 0 Å². The van der Waals surface area contributed by atoms with Gasteiger partial charge in [-0.1, -0.05) is 0 Å². The van der Waals surface area contributed by atoms with Crippen molar-refractivity contribution in [3.8, 4) is 5.75 Å². The largest absolute Gasteiger partial charge is 0.496 e. The fraction of sp³-hybridized carbons (Fsp3) is 0.455. The van der Waals surface area contributed by atoms with Gasteiger partial charge in [-0.2, -0.15) is 4.31 Å². The highest BCUT2D eigenvalue weighted by Gasteiger charge is 2.43. The molecule has 18 heavy (non-hydrogen) atoms. The Labute approximate surface area is 115 Å². The van der Waals surface area contributed by atoms with E-state index in [2.05, 4.69) is 15.9 Å². The van der Waals surface area contributed by atoms with Crippen LogP contribution in [0.1, 0.15) is 6.92 Å². The molecule has 5 nitrogen and oxygen atoms in total. The second-order valence-corrected chi connectivity index (χ2v) is 7.36. The van der Waals surface area contributed by atoms with E-state index >= 15 is 0 Å². The molecular weight excluding hydrogens is 322 g/mol. The predicted molar refractivity (Wildman–Crippen MR) is 70.1 cm³/mol. The van der Waals surface area contributed by atoms with Crippen molar-refractivity contribution < 1.29 is 18.3 Å². The molecule has 1 heterocycles. The molecule has 0 bridgehead atoms. The van der Waals surface area contributed by atoms with Crippen LogP contribution in [0.2, 0.25) is 0 Å². The Kier molecular flexibility index (Phi) is 3.44. The lowest BCUT2D eigenvalue weighted by atomic mass is 10.0. The van der Waals surface area contributed by atoms with Crippen LogP contribution in [0.3, 0.4) is 0 Å². The first-order valence-electron chi connectivity index (χ1n) is 5.32. The van der Waals surface area contributed by atoms with Gasteiger partial charge in [0.15, 0.2) is 0 Å². The number of ether oxygens (including phenoxy) is 1. The molecule has 2 rings (SSSR count). The highest BCUT2D eigenvalue weighted by Crippen LogP contribution is 2.32. The molecule has 0 atom stereocenters. The van der Waals surface area contributed by atoms with Crippen molar-refractivity contribution in [2.45, 2.75) is 17.4 Å². The summed E-state index contributed by atoms with van der Waals surface area (Å²) in [4.78, 5) is 0.186. The van der Waals surface area contributed by atoms with Crippen LogP contribution in [0.15, 0.2) is 27.6 Å². The van der Waals surface area contributed by atoms with Gasteiger partial charge in [0.25, 0.3) is 0 Å². The Hall–Kier alpha value is -0.630. The molecule has 1 aromatic carbocycles. The molecular formula is C11H14BrNO4S. The molecule has 1 aliphatic heterocycles. The maximum absolute atomic E-state index is 12.2. The van der Waals surface area contributed by atoms with Crippen LogP contribution in [-0.4, -0.2) is 43.6 Å². The molecule has 0 saturated carbocycles. The first-order valence-corrected chi connectivity index (χ1v) is 7.56. The average Bonchev–Trinajstić information content (AvgIpc) is 2.25. The van der Waals surface area contributed by atoms with Crippen LogP contribution < -0.4 is 4.74 Å². The summed E-state index contributed by atoms with van der Waals surface area (Å²) in [6.45, 7) is 1.86. The average molecular weight is 336 g/mol. The van der Waals surface area contributed by atoms with E-state index < -0.39 is 15.6 Å². The first-order chi connectivity index (χ1) is 8.26. The summed E-state index contributed by atoms with van der Waals surface area (Å²) in [5.41, 5.74) is -0.920. The number of methoxy groups -OCH3 is 1. The summed E-state index contributed by atoms with van der Waals surface area (Å²) in [6.07, 6.45) is 0. The fourth-order valence-corrected chi connectivity index (χ4v) is 4.23. The second kappa shape index (κ2) is 4.48. The second-order valence-electron chi connectivity index (χ2n) is 4.57. The number of benzene rings is 1. The Morgan fingerprint density at radius 3 is 2.50 bits per heavy atom. The van der Waals surface area contributed by atoms with E-state index in [9.17, 15) is 13.5 Å². The van der Waals surface area contributed by atoms with Crippen LogP contribution in [0, 0.1) is 0 Å². The van der Waals surface area contributed by atoms with Crippen LogP contribution in [0.5, 0.6) is 5.75 Å². The van der Waals surface area contributed by atoms with Gasteiger partial charge < -0.3 is 9.84 Å². The van der Waals surface area contributed by atoms with E-state index in [1.165, 1.54) is 23.5 Å². The molecule has 0 amide bonds. The summed E-state index contributed by atoms with van der Waals surface area (Å²) >= 11 is 3.25. The zero-order chi connectivity index (χ0) is 13.6. The number of hydrogen-bond acceptors (Lipinski definition) is 4. The Morgan fingerprint density at radius 1 is 1.44 bits per heavy atom. The van der Waals surface area contributed by atoms with Crippen LogP contribution in [-0.2, 0) is 10.0 Å². The highest BCUT2D eigenvalue weighted by molar-refractivity contribution is 9.10. The molecule has 0 aromatic heterocycles. The van der Waals surface area contributed by atoms with E-state index in [-0.39, 0.29) is 18.0 Å². The van der Waals surface area contributed by atoms with Gasteiger partial charge in [0, 0.05) is 13.1 Å². The van der Waals surface area contributed by atoms with Gasteiger partial charge in [-0.05, 0) is 41.1 Å². The standard InChI is InChI=1S/C11H14BrNO4S/c1-11(14)6-13(7-11)18(15,16)8-3-4-10(17-2)9(12)5-8/h3-5,14H,6-7H2,1-2H3. The summed E-state index contributed by atoms with van der Waals surface area (Å²) in [5, 5.41) is 9.60. The summed E-state index contributed by atoms with van der Waals surface area (Å²) < 4.78 is 31.3. The lowest BCUT2D eigenvalue weighted by Crippen LogP contribution is -2.61. The topological polar surface area (TPSA) is 66.8 Å². The summed E-state index contributed by atoms with van der Waals surface area (Å²) in [5.74, 6) is 0.574. The normalized spacial score (nSPS) is 19.3. The molecule has 100 valence electrons. The van der Waals surface area contributed by atoms with Crippen molar-refractivity contribution in [3.05, 3.63) is 22.7 Å². The molecule has 1 fully saturated rings. The molecule has 1 aromatic rings. The van der Waals surface area contributed by atoms with Gasteiger partial charge in [0.2, 0.25) is 10.0 Å². The van der Waals surface area contributed by atoms with Crippen molar-refractivity contribution in [1.82, 2.24) is 4.31 Å². The SMILES string of the molecule is COc1ccc(S(=O)(=O)N2CC(C)(O)C2)cc1Br. The van der Waals surface area contributed by atoms with Crippen molar-refractivity contribution in [1.29, 1.82) is 0 Å². The zero-order valence-electron chi connectivity index (χ0n) is 10.1. The van der Waals surface area contributed by atoms with E-state index in [4.69, 9.17) is 4.74 Å². The molecule has 7 heteroatoms. The van der Waals surface area contributed by atoms with Crippen LogP contribution >= 0.6 is 15.9 Å². The quantitative estimate of drug-likeness (QED) is 0.901. The van der Waals surface area contributed by atoms with Crippen molar-refractivity contribution >= 4 is 26.0 Å². The number of aliphatic hydroxyl groups is 1. The minimum absolute atomic E-state index is 0.124. The van der Waals surface area contributed by atoms with Crippen molar-refractivity contribution in [2.24, 2.45) is 0 Å². The predicted octanol–water partition coefficient (Wildman–Crippen LogP) is 1.21. The third-order valence-electron chi connectivity index (χ3n) is 2.79. The van der Waals surface area contributed by atoms with Gasteiger partial charge in [-0.15, -0.1) is 0 Å². The smallest absolute Gasteiger partial charge is 0.243 e. The van der Waals surface area contributed by atoms with Crippen molar-refractivity contribution in [3.63, 3.8) is 0 Å². The number of sulfonamides is 1. The number of hydrogen-bond donors (Lipinski definition) is 1.